The van der Waals surface area contributed by atoms with Gasteiger partial charge in [0.1, 0.15) is 11.4 Å². The van der Waals surface area contributed by atoms with Gasteiger partial charge in [0.15, 0.2) is 0 Å². The molecule has 1 aromatic rings. The highest BCUT2D eigenvalue weighted by molar-refractivity contribution is 7.99. The Balaban J connectivity index is 1.59. The van der Waals surface area contributed by atoms with Gasteiger partial charge >= 0.3 is 0 Å². The highest BCUT2D eigenvalue weighted by Crippen LogP contribution is 2.29. The van der Waals surface area contributed by atoms with Crippen LogP contribution >= 0.6 is 11.8 Å². The van der Waals surface area contributed by atoms with E-state index in [0.29, 0.717) is 25.3 Å². The number of amides is 1. The minimum atomic E-state index is -1.13. The number of rotatable bonds is 3. The van der Waals surface area contributed by atoms with Crippen molar-refractivity contribution in [2.24, 2.45) is 5.92 Å². The Morgan fingerprint density at radius 2 is 2.33 bits per heavy atom. The minimum absolute atomic E-state index is 0.100. The maximum atomic E-state index is 12.5. The van der Waals surface area contributed by atoms with Gasteiger partial charge in [0.2, 0.25) is 0 Å². The van der Waals surface area contributed by atoms with Gasteiger partial charge in [-0.3, -0.25) is 4.79 Å². The Kier molecular flexibility index (Phi) is 4.26. The van der Waals surface area contributed by atoms with Crippen molar-refractivity contribution in [3.63, 3.8) is 0 Å². The molecule has 2 aliphatic rings. The molecule has 3 rings (SSSR count). The molecule has 0 radical (unpaired) electrons. The first-order valence-electron chi connectivity index (χ1n) is 7.64. The van der Waals surface area contributed by atoms with Gasteiger partial charge in [0.05, 0.1) is 0 Å². The first-order valence-corrected chi connectivity index (χ1v) is 8.80. The summed E-state index contributed by atoms with van der Waals surface area (Å²) in [6.45, 7) is 1.68. The van der Waals surface area contributed by atoms with E-state index in [1.54, 1.807) is 4.90 Å². The molecular formula is C15H23N3O2S. The van der Waals surface area contributed by atoms with Crippen molar-refractivity contribution < 1.29 is 9.90 Å². The third-order valence-corrected chi connectivity index (χ3v) is 5.63. The summed E-state index contributed by atoms with van der Waals surface area (Å²) in [4.78, 5) is 18.6. The number of fused-ring (bicyclic) bond motifs is 1. The predicted molar refractivity (Wildman–Crippen MR) is 83.2 cm³/mol. The van der Waals surface area contributed by atoms with Gasteiger partial charge in [-0.15, -0.1) is 0 Å². The number of imidazole rings is 1. The number of hydrogen-bond acceptors (Lipinski definition) is 4. The number of aliphatic hydroxyl groups is 1. The number of nitrogens with zero attached hydrogens (tertiary/aromatic N) is 3. The van der Waals surface area contributed by atoms with Crippen LogP contribution in [0.5, 0.6) is 0 Å². The summed E-state index contributed by atoms with van der Waals surface area (Å²) in [6.07, 6.45) is 7.00. The average Bonchev–Trinajstić information content (AvgIpc) is 2.94. The number of thioether (sulfide) groups is 1. The van der Waals surface area contributed by atoms with Crippen molar-refractivity contribution in [1.82, 2.24) is 14.5 Å². The minimum Gasteiger partial charge on any atom is -0.380 e. The van der Waals surface area contributed by atoms with Crippen LogP contribution in [-0.2, 0) is 17.8 Å². The fourth-order valence-electron chi connectivity index (χ4n) is 3.32. The van der Waals surface area contributed by atoms with Crippen LogP contribution in [0.15, 0.2) is 12.4 Å². The lowest BCUT2D eigenvalue weighted by Crippen LogP contribution is -2.51. The molecule has 0 saturated carbocycles. The van der Waals surface area contributed by atoms with Crippen molar-refractivity contribution in [3.05, 3.63) is 18.2 Å². The lowest BCUT2D eigenvalue weighted by atomic mass is 9.93. The van der Waals surface area contributed by atoms with Gasteiger partial charge in [-0.2, -0.15) is 11.8 Å². The van der Waals surface area contributed by atoms with Gasteiger partial charge in [-0.25, -0.2) is 4.98 Å². The van der Waals surface area contributed by atoms with Crippen LogP contribution in [0.2, 0.25) is 0 Å². The maximum absolute atomic E-state index is 12.5. The van der Waals surface area contributed by atoms with Gasteiger partial charge in [0, 0.05) is 39.0 Å². The van der Waals surface area contributed by atoms with E-state index in [1.807, 2.05) is 31.2 Å². The number of carbonyl (C=O) groups is 1. The lowest BCUT2D eigenvalue weighted by Gasteiger charge is -2.36. The summed E-state index contributed by atoms with van der Waals surface area (Å²) in [5.41, 5.74) is -1.13. The van der Waals surface area contributed by atoms with Crippen LogP contribution in [0, 0.1) is 5.92 Å². The highest BCUT2D eigenvalue weighted by atomic mass is 32.2. The van der Waals surface area contributed by atoms with E-state index in [0.717, 1.165) is 36.7 Å². The fraction of sp³-hybridized carbons (Fsp3) is 0.733. The van der Waals surface area contributed by atoms with E-state index >= 15 is 0 Å². The molecule has 6 heteroatoms. The number of aryl methyl sites for hydroxylation is 1. The molecule has 1 N–H and O–H groups in total. The molecule has 5 nitrogen and oxygen atoms in total. The first kappa shape index (κ1) is 14.9. The van der Waals surface area contributed by atoms with Gasteiger partial charge in [-0.05, 0) is 36.7 Å². The molecule has 116 valence electrons. The van der Waals surface area contributed by atoms with Crippen LogP contribution in [0.1, 0.15) is 25.1 Å². The highest BCUT2D eigenvalue weighted by Gasteiger charge is 2.39. The molecule has 1 fully saturated rings. The van der Waals surface area contributed by atoms with Crippen LogP contribution in [0.3, 0.4) is 0 Å². The van der Waals surface area contributed by atoms with E-state index < -0.39 is 5.60 Å². The fourth-order valence-corrected chi connectivity index (χ4v) is 4.49. The number of likely N-dealkylation sites (N-methyl/N-ethyl adjacent to an activating group) is 1. The summed E-state index contributed by atoms with van der Waals surface area (Å²) >= 11 is 1.81. The monoisotopic (exact) mass is 309 g/mol. The molecule has 0 aromatic carbocycles. The predicted octanol–water partition coefficient (Wildman–Crippen LogP) is 1.16. The van der Waals surface area contributed by atoms with Crippen molar-refractivity contribution in [3.8, 4) is 0 Å². The van der Waals surface area contributed by atoms with E-state index in [1.165, 1.54) is 0 Å². The topological polar surface area (TPSA) is 58.4 Å². The number of hydrogen-bond donors (Lipinski definition) is 1. The second-order valence-electron chi connectivity index (χ2n) is 6.23. The molecule has 3 heterocycles. The summed E-state index contributed by atoms with van der Waals surface area (Å²) in [7, 11) is 1.82. The molecule has 1 amide bonds. The van der Waals surface area contributed by atoms with Crippen molar-refractivity contribution in [2.75, 3.05) is 25.1 Å². The second kappa shape index (κ2) is 6.01. The quantitative estimate of drug-likeness (QED) is 0.910. The Hall–Kier alpha value is -1.01. The molecule has 1 atom stereocenters. The second-order valence-corrected chi connectivity index (χ2v) is 7.45. The largest absolute Gasteiger partial charge is 0.380 e. The van der Waals surface area contributed by atoms with Crippen molar-refractivity contribution in [2.45, 2.75) is 37.8 Å². The maximum Gasteiger partial charge on any atom is 0.254 e. The summed E-state index contributed by atoms with van der Waals surface area (Å²) in [5, 5.41) is 10.5. The summed E-state index contributed by atoms with van der Waals surface area (Å²) < 4.78 is 2.18. The number of carbonyl (C=O) groups excluding carboxylic acids is 1. The molecule has 1 unspecified atom stereocenters. The molecule has 2 aliphatic heterocycles. The molecular weight excluding hydrogens is 286 g/mol. The summed E-state index contributed by atoms with van der Waals surface area (Å²) in [5.74, 6) is 3.19. The smallest absolute Gasteiger partial charge is 0.254 e. The molecule has 1 aromatic heterocycles. The normalized spacial score (nSPS) is 24.4. The van der Waals surface area contributed by atoms with Crippen molar-refractivity contribution in [1.29, 1.82) is 0 Å². The van der Waals surface area contributed by atoms with Crippen LogP contribution in [0.25, 0.3) is 0 Å². The molecule has 1 saturated heterocycles. The Labute approximate surface area is 129 Å². The Bertz CT molecular complexity index is 511. The average molecular weight is 309 g/mol. The van der Waals surface area contributed by atoms with Gasteiger partial charge in [-0.1, -0.05) is 0 Å². The zero-order valence-electron chi connectivity index (χ0n) is 12.5. The third-order valence-electron chi connectivity index (χ3n) is 4.65. The Morgan fingerprint density at radius 1 is 1.57 bits per heavy atom. The zero-order valence-corrected chi connectivity index (χ0v) is 13.3. The third kappa shape index (κ3) is 3.11. The lowest BCUT2D eigenvalue weighted by molar-refractivity contribution is -0.151. The standard InChI is InChI=1S/C15H23N3O2S/c1-17(14(19)15(20)3-8-21-9-4-15)11-12-2-6-18-7-5-16-13(18)10-12/h5,7,12,20H,2-4,6,8-11H2,1H3. The van der Waals surface area contributed by atoms with Crippen molar-refractivity contribution >= 4 is 17.7 Å². The van der Waals surface area contributed by atoms with E-state index in [2.05, 4.69) is 9.55 Å². The van der Waals surface area contributed by atoms with E-state index in [9.17, 15) is 9.90 Å². The summed E-state index contributed by atoms with van der Waals surface area (Å²) in [6, 6.07) is 0. The Morgan fingerprint density at radius 3 is 3.10 bits per heavy atom. The molecule has 0 bridgehead atoms. The molecule has 21 heavy (non-hydrogen) atoms. The van der Waals surface area contributed by atoms with E-state index in [-0.39, 0.29) is 5.91 Å². The zero-order chi connectivity index (χ0) is 14.9. The van der Waals surface area contributed by atoms with Gasteiger partial charge in [0.25, 0.3) is 5.91 Å². The van der Waals surface area contributed by atoms with Crippen LogP contribution in [0.4, 0.5) is 0 Å². The first-order chi connectivity index (χ1) is 10.1. The molecule has 0 spiro atoms. The molecule has 0 aliphatic carbocycles. The number of aromatic nitrogens is 2. The van der Waals surface area contributed by atoms with Crippen LogP contribution in [-0.4, -0.2) is 56.2 Å². The van der Waals surface area contributed by atoms with Gasteiger partial charge < -0.3 is 14.6 Å². The van der Waals surface area contributed by atoms with E-state index in [4.69, 9.17) is 0 Å². The SMILES string of the molecule is CN(CC1CCn2ccnc2C1)C(=O)C1(O)CCSCC1. The van der Waals surface area contributed by atoms with Crippen LogP contribution < -0.4 is 0 Å².